The number of nitrogens with one attached hydrogen (secondary N) is 1. The monoisotopic (exact) mass is 339 g/mol. The topological polar surface area (TPSA) is 21.3 Å². The highest BCUT2D eigenvalue weighted by Crippen LogP contribution is 2.31. The fraction of sp³-hybridized carbons (Fsp3) is 0.200. The third-order valence-corrected chi connectivity index (χ3v) is 3.71. The molecule has 0 aromatic heterocycles. The molecule has 0 amide bonds. The molecule has 0 fully saturated rings. The molecule has 104 valence electrons. The third-order valence-electron chi connectivity index (χ3n) is 3.22. The first-order valence-corrected chi connectivity index (χ1v) is 7.05. The summed E-state index contributed by atoms with van der Waals surface area (Å²) < 4.78 is 33.1. The van der Waals surface area contributed by atoms with Crippen LogP contribution in [0.1, 0.15) is 5.56 Å². The van der Waals surface area contributed by atoms with Crippen LogP contribution in [0.3, 0.4) is 0 Å². The molecule has 0 saturated heterocycles. The number of rotatable bonds is 3. The summed E-state index contributed by atoms with van der Waals surface area (Å²) in [5, 5.41) is 2.95. The van der Waals surface area contributed by atoms with Crippen molar-refractivity contribution in [2.45, 2.75) is 12.5 Å². The summed E-state index contributed by atoms with van der Waals surface area (Å²) in [6.07, 6.45) is 0.716. The summed E-state index contributed by atoms with van der Waals surface area (Å²) in [6, 6.07) is 9.35. The first-order valence-electron chi connectivity index (χ1n) is 6.26. The van der Waals surface area contributed by atoms with Gasteiger partial charge in [-0.15, -0.1) is 0 Å². The lowest BCUT2D eigenvalue weighted by atomic mass is 10.1. The molecule has 1 aliphatic heterocycles. The van der Waals surface area contributed by atoms with Crippen molar-refractivity contribution in [3.63, 3.8) is 0 Å². The van der Waals surface area contributed by atoms with Gasteiger partial charge in [0.15, 0.2) is 0 Å². The van der Waals surface area contributed by atoms with E-state index in [-0.39, 0.29) is 11.8 Å². The van der Waals surface area contributed by atoms with Crippen LogP contribution in [-0.2, 0) is 6.42 Å². The summed E-state index contributed by atoms with van der Waals surface area (Å²) in [5.74, 6) is -0.315. The second-order valence-corrected chi connectivity index (χ2v) is 5.62. The smallest absolute Gasteiger partial charge is 0.149 e. The van der Waals surface area contributed by atoms with Gasteiger partial charge in [0.25, 0.3) is 0 Å². The predicted octanol–water partition coefficient (Wildman–Crippen LogP) is 4.14. The lowest BCUT2D eigenvalue weighted by Gasteiger charge is -2.13. The van der Waals surface area contributed by atoms with E-state index in [9.17, 15) is 8.78 Å². The maximum Gasteiger partial charge on any atom is 0.149 e. The van der Waals surface area contributed by atoms with Gasteiger partial charge in [0.2, 0.25) is 0 Å². The molecule has 1 N–H and O–H groups in total. The minimum atomic E-state index is -0.594. The highest BCUT2D eigenvalue weighted by atomic mass is 79.9. The van der Waals surface area contributed by atoms with Crippen molar-refractivity contribution in [1.29, 1.82) is 0 Å². The molecule has 0 bridgehead atoms. The molecule has 1 heterocycles. The summed E-state index contributed by atoms with van der Waals surface area (Å²) in [4.78, 5) is 0. The Bertz CT molecular complexity index is 648. The normalized spacial score (nSPS) is 16.6. The Morgan fingerprint density at radius 3 is 2.85 bits per heavy atom. The number of hydrogen-bond acceptors (Lipinski definition) is 2. The van der Waals surface area contributed by atoms with Crippen LogP contribution in [0.4, 0.5) is 14.5 Å². The Kier molecular flexibility index (Phi) is 3.61. The Balaban J connectivity index is 1.63. The maximum absolute atomic E-state index is 13.5. The van der Waals surface area contributed by atoms with Crippen LogP contribution in [0.25, 0.3) is 0 Å². The standard InChI is InChI=1S/C15H12BrF2NO/c16-10-1-4-15-9(5-10)6-12(20-15)8-19-14-3-2-11(17)7-13(14)18/h1-5,7,12,19H,6,8H2. The fourth-order valence-corrected chi connectivity index (χ4v) is 2.67. The average molecular weight is 340 g/mol. The van der Waals surface area contributed by atoms with Crippen LogP contribution in [-0.4, -0.2) is 12.6 Å². The quantitative estimate of drug-likeness (QED) is 0.907. The number of fused-ring (bicyclic) bond motifs is 1. The molecule has 0 radical (unpaired) electrons. The zero-order valence-corrected chi connectivity index (χ0v) is 12.1. The molecule has 2 aromatic carbocycles. The van der Waals surface area contributed by atoms with Crippen LogP contribution >= 0.6 is 15.9 Å². The van der Waals surface area contributed by atoms with Gasteiger partial charge < -0.3 is 10.1 Å². The summed E-state index contributed by atoms with van der Waals surface area (Å²) in [7, 11) is 0. The zero-order chi connectivity index (χ0) is 14.1. The van der Waals surface area contributed by atoms with E-state index in [1.54, 1.807) is 0 Å². The maximum atomic E-state index is 13.5. The second kappa shape index (κ2) is 5.40. The van der Waals surface area contributed by atoms with Gasteiger partial charge in [-0.05, 0) is 35.9 Å². The van der Waals surface area contributed by atoms with Crippen LogP contribution in [0.5, 0.6) is 5.75 Å². The number of hydrogen-bond donors (Lipinski definition) is 1. The molecule has 5 heteroatoms. The van der Waals surface area contributed by atoms with E-state index in [4.69, 9.17) is 4.74 Å². The second-order valence-electron chi connectivity index (χ2n) is 4.70. The van der Waals surface area contributed by atoms with E-state index in [1.165, 1.54) is 12.1 Å². The van der Waals surface area contributed by atoms with E-state index in [1.807, 2.05) is 18.2 Å². The first kappa shape index (κ1) is 13.4. The average Bonchev–Trinajstić information content (AvgIpc) is 2.79. The molecule has 20 heavy (non-hydrogen) atoms. The third kappa shape index (κ3) is 2.77. The lowest BCUT2D eigenvalue weighted by molar-refractivity contribution is 0.246. The molecule has 2 aromatic rings. The molecule has 1 atom stereocenters. The Morgan fingerprint density at radius 1 is 1.20 bits per heavy atom. The van der Waals surface area contributed by atoms with Crippen LogP contribution < -0.4 is 10.1 Å². The van der Waals surface area contributed by atoms with Gasteiger partial charge in [0, 0.05) is 17.0 Å². The van der Waals surface area contributed by atoms with Gasteiger partial charge >= 0.3 is 0 Å². The van der Waals surface area contributed by atoms with Crippen LogP contribution in [0.2, 0.25) is 0 Å². The van der Waals surface area contributed by atoms with E-state index >= 15 is 0 Å². The number of ether oxygens (including phenoxy) is 1. The molecule has 0 aliphatic carbocycles. The van der Waals surface area contributed by atoms with E-state index < -0.39 is 11.6 Å². The molecule has 2 nitrogen and oxygen atoms in total. The molecule has 0 spiro atoms. The van der Waals surface area contributed by atoms with Crippen molar-refractivity contribution in [1.82, 2.24) is 0 Å². The molecule has 0 saturated carbocycles. The summed E-state index contributed by atoms with van der Waals surface area (Å²) in [5.41, 5.74) is 1.41. The minimum Gasteiger partial charge on any atom is -0.488 e. The van der Waals surface area contributed by atoms with E-state index in [2.05, 4.69) is 21.2 Å². The first-order chi connectivity index (χ1) is 9.61. The van der Waals surface area contributed by atoms with Crippen molar-refractivity contribution in [3.8, 4) is 5.75 Å². The summed E-state index contributed by atoms with van der Waals surface area (Å²) in [6.45, 7) is 0.467. The molecule has 3 rings (SSSR count). The molecular formula is C15H12BrF2NO. The SMILES string of the molecule is Fc1ccc(NCC2Cc3cc(Br)ccc3O2)c(F)c1. The van der Waals surface area contributed by atoms with Crippen molar-refractivity contribution >= 4 is 21.6 Å². The van der Waals surface area contributed by atoms with Crippen molar-refractivity contribution in [2.24, 2.45) is 0 Å². The van der Waals surface area contributed by atoms with Crippen molar-refractivity contribution in [2.75, 3.05) is 11.9 Å². The van der Waals surface area contributed by atoms with Crippen LogP contribution in [0.15, 0.2) is 40.9 Å². The largest absolute Gasteiger partial charge is 0.488 e. The zero-order valence-electron chi connectivity index (χ0n) is 10.5. The Labute approximate surface area is 123 Å². The van der Waals surface area contributed by atoms with Gasteiger partial charge in [0.05, 0.1) is 12.2 Å². The number of benzene rings is 2. The highest BCUT2D eigenvalue weighted by Gasteiger charge is 2.22. The highest BCUT2D eigenvalue weighted by molar-refractivity contribution is 9.10. The molecular weight excluding hydrogens is 328 g/mol. The van der Waals surface area contributed by atoms with Gasteiger partial charge in [0.1, 0.15) is 23.5 Å². The number of anilines is 1. The van der Waals surface area contributed by atoms with Crippen molar-refractivity contribution in [3.05, 3.63) is 58.1 Å². The Morgan fingerprint density at radius 2 is 2.05 bits per heavy atom. The van der Waals surface area contributed by atoms with Gasteiger partial charge in [-0.1, -0.05) is 15.9 Å². The molecule has 1 unspecified atom stereocenters. The minimum absolute atomic E-state index is 0.0521. The van der Waals surface area contributed by atoms with Gasteiger partial charge in [-0.2, -0.15) is 0 Å². The predicted molar refractivity (Wildman–Crippen MR) is 77.1 cm³/mol. The Hall–Kier alpha value is -1.62. The summed E-state index contributed by atoms with van der Waals surface area (Å²) >= 11 is 3.42. The van der Waals surface area contributed by atoms with E-state index in [0.29, 0.717) is 6.54 Å². The lowest BCUT2D eigenvalue weighted by Crippen LogP contribution is -2.24. The molecule has 1 aliphatic rings. The van der Waals surface area contributed by atoms with Crippen LogP contribution in [0, 0.1) is 11.6 Å². The van der Waals surface area contributed by atoms with E-state index in [0.717, 1.165) is 28.3 Å². The number of halogens is 3. The van der Waals surface area contributed by atoms with Gasteiger partial charge in [-0.25, -0.2) is 8.78 Å². The fourth-order valence-electron chi connectivity index (χ4n) is 2.26. The van der Waals surface area contributed by atoms with Crippen molar-refractivity contribution < 1.29 is 13.5 Å². The van der Waals surface area contributed by atoms with Gasteiger partial charge in [-0.3, -0.25) is 0 Å².